The zero-order chi connectivity index (χ0) is 23.8. The van der Waals surface area contributed by atoms with Gasteiger partial charge in [-0.3, -0.25) is 0 Å². The molecule has 0 saturated heterocycles. The van der Waals surface area contributed by atoms with E-state index < -0.39 is 0 Å². The maximum Gasteiger partial charge on any atom is 0.119 e. The van der Waals surface area contributed by atoms with Gasteiger partial charge in [0.2, 0.25) is 0 Å². The number of nitrogen functional groups attached to an aromatic ring is 1. The summed E-state index contributed by atoms with van der Waals surface area (Å²) in [6.07, 6.45) is 13.4. The average Bonchev–Trinajstić information content (AvgIpc) is 2.87. The molecule has 3 aromatic carbocycles. The molecule has 2 heteroatoms. The molecule has 0 aliphatic rings. The normalized spacial score (nSPS) is 10.5. The minimum Gasteiger partial charge on any atom is -0.494 e. The first-order valence-corrected chi connectivity index (χ1v) is 13.0. The van der Waals surface area contributed by atoms with Gasteiger partial charge in [-0.1, -0.05) is 101 Å². The molecule has 0 radical (unpaired) electrons. The fourth-order valence-corrected chi connectivity index (χ4v) is 3.98. The Labute approximate surface area is 206 Å². The van der Waals surface area contributed by atoms with Crippen molar-refractivity contribution >= 4 is 5.69 Å². The summed E-state index contributed by atoms with van der Waals surface area (Å²) in [5.74, 6) is 7.42. The van der Waals surface area contributed by atoms with Gasteiger partial charge < -0.3 is 10.5 Å². The third-order valence-electron chi connectivity index (χ3n) is 6.10. The summed E-state index contributed by atoms with van der Waals surface area (Å²) in [5.41, 5.74) is 10.9. The van der Waals surface area contributed by atoms with E-state index in [2.05, 4.69) is 43.0 Å². The molecule has 0 spiro atoms. The number of hydrogen-bond donors (Lipinski definition) is 1. The largest absolute Gasteiger partial charge is 0.494 e. The van der Waals surface area contributed by atoms with Crippen molar-refractivity contribution < 1.29 is 4.74 Å². The Bertz CT molecular complexity index is 1010. The summed E-state index contributed by atoms with van der Waals surface area (Å²) in [6.45, 7) is 3.07. The standard InChI is InChI=1S/C32H39NO/c1-2-3-4-5-6-7-8-9-10-11-26-34-32-24-16-28(17-25-32)13-12-27-14-18-29(19-15-27)30-20-22-31(33)23-21-30/h14-25H,2-11,26,33H2,1H3. The third-order valence-corrected chi connectivity index (χ3v) is 6.10. The van der Waals surface area contributed by atoms with E-state index in [1.54, 1.807) is 0 Å². The van der Waals surface area contributed by atoms with Gasteiger partial charge in [0.05, 0.1) is 6.61 Å². The number of hydrogen-bond acceptors (Lipinski definition) is 2. The molecule has 0 heterocycles. The molecular weight excluding hydrogens is 414 g/mol. The number of anilines is 1. The van der Waals surface area contributed by atoms with E-state index in [1.807, 2.05) is 48.5 Å². The molecule has 2 N–H and O–H groups in total. The Morgan fingerprint density at radius 3 is 1.53 bits per heavy atom. The maximum atomic E-state index is 5.90. The number of rotatable bonds is 13. The fraction of sp³-hybridized carbons (Fsp3) is 0.375. The zero-order valence-corrected chi connectivity index (χ0v) is 20.7. The van der Waals surface area contributed by atoms with E-state index >= 15 is 0 Å². The van der Waals surface area contributed by atoms with Crippen LogP contribution in [-0.4, -0.2) is 6.61 Å². The van der Waals surface area contributed by atoms with Gasteiger partial charge in [0.1, 0.15) is 5.75 Å². The summed E-state index contributed by atoms with van der Waals surface area (Å²) >= 11 is 0. The van der Waals surface area contributed by atoms with Crippen molar-refractivity contribution in [2.45, 2.75) is 71.1 Å². The number of benzene rings is 3. The first-order valence-electron chi connectivity index (χ1n) is 13.0. The quantitative estimate of drug-likeness (QED) is 0.160. The lowest BCUT2D eigenvalue weighted by molar-refractivity contribution is 0.304. The minimum absolute atomic E-state index is 0.779. The van der Waals surface area contributed by atoms with E-state index in [-0.39, 0.29) is 0 Å². The molecule has 3 rings (SSSR count). The first kappa shape index (κ1) is 25.4. The molecule has 3 aromatic rings. The van der Waals surface area contributed by atoms with Crippen LogP contribution in [0.2, 0.25) is 0 Å². The van der Waals surface area contributed by atoms with Crippen molar-refractivity contribution in [2.75, 3.05) is 12.3 Å². The van der Waals surface area contributed by atoms with Crippen molar-refractivity contribution in [3.63, 3.8) is 0 Å². The van der Waals surface area contributed by atoms with Crippen molar-refractivity contribution in [2.24, 2.45) is 0 Å². The molecule has 0 atom stereocenters. The monoisotopic (exact) mass is 453 g/mol. The van der Waals surface area contributed by atoms with Crippen molar-refractivity contribution in [1.82, 2.24) is 0 Å². The summed E-state index contributed by atoms with van der Waals surface area (Å²) in [4.78, 5) is 0. The summed E-state index contributed by atoms with van der Waals surface area (Å²) in [5, 5.41) is 0. The highest BCUT2D eigenvalue weighted by Crippen LogP contribution is 2.21. The molecular formula is C32H39NO. The molecule has 178 valence electrons. The fourth-order valence-electron chi connectivity index (χ4n) is 3.98. The highest BCUT2D eigenvalue weighted by molar-refractivity contribution is 5.66. The SMILES string of the molecule is CCCCCCCCCCCCOc1ccc(C#Cc2ccc(-c3ccc(N)cc3)cc2)cc1. The predicted octanol–water partition coefficient (Wildman–Crippen LogP) is 8.64. The number of unbranched alkanes of at least 4 members (excludes halogenated alkanes) is 9. The van der Waals surface area contributed by atoms with Crippen LogP contribution in [0.4, 0.5) is 5.69 Å². The topological polar surface area (TPSA) is 35.2 Å². The lowest BCUT2D eigenvalue weighted by atomic mass is 10.0. The van der Waals surface area contributed by atoms with Crippen LogP contribution in [0.5, 0.6) is 5.75 Å². The molecule has 0 fully saturated rings. The third kappa shape index (κ3) is 9.36. The second kappa shape index (κ2) is 14.9. The van der Waals surface area contributed by atoms with Gasteiger partial charge in [-0.15, -0.1) is 0 Å². The lowest BCUT2D eigenvalue weighted by Gasteiger charge is -2.06. The van der Waals surface area contributed by atoms with Gasteiger partial charge in [0.25, 0.3) is 0 Å². The Morgan fingerprint density at radius 2 is 1.00 bits per heavy atom. The van der Waals surface area contributed by atoms with Crippen molar-refractivity contribution in [1.29, 1.82) is 0 Å². The van der Waals surface area contributed by atoms with E-state index in [0.717, 1.165) is 46.7 Å². The second-order valence-electron chi connectivity index (χ2n) is 9.00. The Kier molecular flexibility index (Phi) is 11.1. The van der Waals surface area contributed by atoms with E-state index in [4.69, 9.17) is 10.5 Å². The van der Waals surface area contributed by atoms with Crippen LogP contribution in [0.3, 0.4) is 0 Å². The van der Waals surface area contributed by atoms with E-state index in [9.17, 15) is 0 Å². The van der Waals surface area contributed by atoms with Gasteiger partial charge in [-0.2, -0.15) is 0 Å². The first-order chi connectivity index (χ1) is 16.7. The van der Waals surface area contributed by atoms with Crippen molar-refractivity contribution in [3.8, 4) is 28.7 Å². The van der Waals surface area contributed by atoms with Crippen LogP contribution in [0.15, 0.2) is 72.8 Å². The predicted molar refractivity (Wildman–Crippen MR) is 146 cm³/mol. The number of ether oxygens (including phenoxy) is 1. The summed E-state index contributed by atoms with van der Waals surface area (Å²) in [7, 11) is 0. The van der Waals surface area contributed by atoms with Crippen molar-refractivity contribution in [3.05, 3.63) is 83.9 Å². The molecule has 0 saturated carbocycles. The molecule has 0 unspecified atom stereocenters. The van der Waals surface area contributed by atoms with Gasteiger partial charge in [-0.05, 0) is 66.1 Å². The van der Waals surface area contributed by atoms with Gasteiger partial charge in [0.15, 0.2) is 0 Å². The highest BCUT2D eigenvalue weighted by Gasteiger charge is 1.98. The number of nitrogens with two attached hydrogens (primary N) is 1. The average molecular weight is 454 g/mol. The van der Waals surface area contributed by atoms with Gasteiger partial charge in [0, 0.05) is 16.8 Å². The van der Waals surface area contributed by atoms with Crippen LogP contribution in [0.1, 0.15) is 82.3 Å². The summed E-state index contributed by atoms with van der Waals surface area (Å²) in [6, 6.07) is 24.3. The molecule has 0 aliphatic heterocycles. The van der Waals surface area contributed by atoms with Crippen LogP contribution >= 0.6 is 0 Å². The van der Waals surface area contributed by atoms with Crippen LogP contribution in [0, 0.1) is 11.8 Å². The van der Waals surface area contributed by atoms with Gasteiger partial charge in [-0.25, -0.2) is 0 Å². The zero-order valence-electron chi connectivity index (χ0n) is 20.7. The smallest absolute Gasteiger partial charge is 0.119 e. The molecule has 0 amide bonds. The highest BCUT2D eigenvalue weighted by atomic mass is 16.5. The second-order valence-corrected chi connectivity index (χ2v) is 9.00. The molecule has 2 nitrogen and oxygen atoms in total. The molecule has 0 bridgehead atoms. The van der Waals surface area contributed by atoms with E-state index in [0.29, 0.717) is 0 Å². The molecule has 34 heavy (non-hydrogen) atoms. The van der Waals surface area contributed by atoms with E-state index in [1.165, 1.54) is 57.8 Å². The van der Waals surface area contributed by atoms with Crippen LogP contribution in [-0.2, 0) is 0 Å². The Balaban J connectivity index is 1.34. The van der Waals surface area contributed by atoms with Crippen LogP contribution < -0.4 is 10.5 Å². The molecule has 0 aromatic heterocycles. The molecule has 0 aliphatic carbocycles. The maximum absolute atomic E-state index is 5.90. The van der Waals surface area contributed by atoms with Gasteiger partial charge >= 0.3 is 0 Å². The van der Waals surface area contributed by atoms with Crippen LogP contribution in [0.25, 0.3) is 11.1 Å². The lowest BCUT2D eigenvalue weighted by Crippen LogP contribution is -1.97. The minimum atomic E-state index is 0.779. The Hall–Kier alpha value is -3.18. The summed E-state index contributed by atoms with van der Waals surface area (Å²) < 4.78 is 5.90. The Morgan fingerprint density at radius 1 is 0.559 bits per heavy atom.